The summed E-state index contributed by atoms with van der Waals surface area (Å²) in [5, 5.41) is 1.51. The van der Waals surface area contributed by atoms with Crippen LogP contribution in [-0.4, -0.2) is 13.4 Å². The first kappa shape index (κ1) is 20.8. The average Bonchev–Trinajstić information content (AvgIpc) is 2.69. The monoisotopic (exact) mass is 478 g/mol. The standard InChI is InChI=1S/C21H13Cl3N2O3S/c22-14-5-8-21(18(24)10-14)30(27,28)26-15-6-7-20(17(23)11-15)29-16-9-13-3-1-2-4-19(13)25-12-16/h1-12,26H. The second kappa shape index (κ2) is 8.32. The van der Waals surface area contributed by atoms with Crippen molar-refractivity contribution in [1.29, 1.82) is 0 Å². The highest BCUT2D eigenvalue weighted by atomic mass is 35.5. The molecule has 0 saturated carbocycles. The molecule has 5 nitrogen and oxygen atoms in total. The number of fused-ring (bicyclic) bond motifs is 1. The molecule has 152 valence electrons. The zero-order valence-corrected chi connectivity index (χ0v) is 18.2. The van der Waals surface area contributed by atoms with Crippen molar-refractivity contribution in [2.24, 2.45) is 0 Å². The third-order valence-electron chi connectivity index (χ3n) is 4.16. The van der Waals surface area contributed by atoms with Crippen LogP contribution in [0, 0.1) is 0 Å². The number of rotatable bonds is 5. The lowest BCUT2D eigenvalue weighted by Gasteiger charge is -2.12. The van der Waals surface area contributed by atoms with E-state index in [1.54, 1.807) is 12.3 Å². The number of aromatic nitrogens is 1. The van der Waals surface area contributed by atoms with Crippen molar-refractivity contribution in [3.63, 3.8) is 0 Å². The molecular weight excluding hydrogens is 467 g/mol. The molecule has 0 aliphatic carbocycles. The molecule has 0 spiro atoms. The van der Waals surface area contributed by atoms with Crippen LogP contribution < -0.4 is 9.46 Å². The van der Waals surface area contributed by atoms with Gasteiger partial charge in [0.2, 0.25) is 0 Å². The first-order chi connectivity index (χ1) is 14.3. The summed E-state index contributed by atoms with van der Waals surface area (Å²) in [5.41, 5.74) is 1.11. The number of sulfonamides is 1. The Balaban J connectivity index is 1.56. The Morgan fingerprint density at radius 1 is 0.867 bits per heavy atom. The van der Waals surface area contributed by atoms with E-state index < -0.39 is 10.0 Å². The van der Waals surface area contributed by atoms with Gasteiger partial charge < -0.3 is 4.74 Å². The van der Waals surface area contributed by atoms with Crippen LogP contribution in [0.25, 0.3) is 10.9 Å². The summed E-state index contributed by atoms with van der Waals surface area (Å²) in [6, 6.07) is 18.2. The molecule has 9 heteroatoms. The number of para-hydroxylation sites is 1. The number of halogens is 3. The molecule has 0 amide bonds. The lowest BCUT2D eigenvalue weighted by molar-refractivity contribution is 0.481. The van der Waals surface area contributed by atoms with Gasteiger partial charge in [0.25, 0.3) is 10.0 Å². The van der Waals surface area contributed by atoms with Crippen LogP contribution >= 0.6 is 34.8 Å². The number of benzene rings is 3. The molecular formula is C21H13Cl3N2O3S. The SMILES string of the molecule is O=S(=O)(Nc1ccc(Oc2cnc3ccccc3c2)c(Cl)c1)c1ccc(Cl)cc1Cl. The topological polar surface area (TPSA) is 68.3 Å². The summed E-state index contributed by atoms with van der Waals surface area (Å²) in [6.45, 7) is 0. The highest BCUT2D eigenvalue weighted by molar-refractivity contribution is 7.92. The largest absolute Gasteiger partial charge is 0.454 e. The summed E-state index contributed by atoms with van der Waals surface area (Å²) < 4.78 is 33.5. The molecule has 4 aromatic rings. The Hall–Kier alpha value is -2.51. The third-order valence-corrected chi connectivity index (χ3v) is 6.56. The minimum Gasteiger partial charge on any atom is -0.454 e. The minimum absolute atomic E-state index is 0.0184. The fourth-order valence-electron chi connectivity index (χ4n) is 2.78. The Morgan fingerprint density at radius 2 is 1.67 bits per heavy atom. The molecule has 0 bridgehead atoms. The van der Waals surface area contributed by atoms with Crippen LogP contribution in [0.2, 0.25) is 15.1 Å². The van der Waals surface area contributed by atoms with Gasteiger partial charge in [0.15, 0.2) is 0 Å². The normalized spacial score (nSPS) is 11.4. The van der Waals surface area contributed by atoms with Crippen molar-refractivity contribution < 1.29 is 13.2 Å². The zero-order valence-electron chi connectivity index (χ0n) is 15.1. The predicted octanol–water partition coefficient (Wildman–Crippen LogP) is 6.79. The van der Waals surface area contributed by atoms with Crippen molar-refractivity contribution in [1.82, 2.24) is 4.98 Å². The number of ether oxygens (including phenoxy) is 1. The Labute approximate surface area is 188 Å². The molecule has 0 atom stereocenters. The zero-order chi connectivity index (χ0) is 21.3. The quantitative estimate of drug-likeness (QED) is 0.342. The maximum atomic E-state index is 12.6. The summed E-state index contributed by atoms with van der Waals surface area (Å²) in [7, 11) is -3.92. The molecule has 1 N–H and O–H groups in total. The highest BCUT2D eigenvalue weighted by Crippen LogP contribution is 2.34. The van der Waals surface area contributed by atoms with Crippen molar-refractivity contribution in [2.75, 3.05) is 4.72 Å². The fraction of sp³-hybridized carbons (Fsp3) is 0. The second-order valence-corrected chi connectivity index (χ2v) is 9.19. The predicted molar refractivity (Wildman–Crippen MR) is 121 cm³/mol. The number of hydrogen-bond acceptors (Lipinski definition) is 4. The Kier molecular flexibility index (Phi) is 5.75. The highest BCUT2D eigenvalue weighted by Gasteiger charge is 2.19. The number of hydrogen-bond donors (Lipinski definition) is 1. The second-order valence-electron chi connectivity index (χ2n) is 6.29. The number of anilines is 1. The number of nitrogens with zero attached hydrogens (tertiary/aromatic N) is 1. The molecule has 0 fully saturated rings. The lowest BCUT2D eigenvalue weighted by atomic mass is 10.2. The molecule has 0 aliphatic heterocycles. The summed E-state index contributed by atoms with van der Waals surface area (Å²) in [6.07, 6.45) is 1.60. The first-order valence-electron chi connectivity index (χ1n) is 8.62. The van der Waals surface area contributed by atoms with Crippen LogP contribution in [0.4, 0.5) is 5.69 Å². The van der Waals surface area contributed by atoms with Crippen molar-refractivity contribution in [2.45, 2.75) is 4.90 Å². The molecule has 3 aromatic carbocycles. The molecule has 0 radical (unpaired) electrons. The van der Waals surface area contributed by atoms with Crippen LogP contribution in [0.1, 0.15) is 0 Å². The van der Waals surface area contributed by atoms with Gasteiger partial charge >= 0.3 is 0 Å². The van der Waals surface area contributed by atoms with E-state index in [0.29, 0.717) is 16.5 Å². The van der Waals surface area contributed by atoms with Crippen LogP contribution in [-0.2, 0) is 10.0 Å². The Bertz CT molecular complexity index is 1360. The molecule has 1 heterocycles. The van der Waals surface area contributed by atoms with E-state index in [9.17, 15) is 8.42 Å². The minimum atomic E-state index is -3.92. The smallest absolute Gasteiger partial charge is 0.263 e. The van der Waals surface area contributed by atoms with E-state index >= 15 is 0 Å². The van der Waals surface area contributed by atoms with E-state index in [1.807, 2.05) is 30.3 Å². The van der Waals surface area contributed by atoms with E-state index in [0.717, 1.165) is 10.9 Å². The molecule has 1 aromatic heterocycles. The van der Waals surface area contributed by atoms with Gasteiger partial charge in [-0.25, -0.2) is 8.42 Å². The van der Waals surface area contributed by atoms with Gasteiger partial charge in [-0.2, -0.15) is 0 Å². The van der Waals surface area contributed by atoms with Gasteiger partial charge in [-0.3, -0.25) is 9.71 Å². The van der Waals surface area contributed by atoms with Gasteiger partial charge in [-0.15, -0.1) is 0 Å². The molecule has 0 aliphatic rings. The summed E-state index contributed by atoms with van der Waals surface area (Å²) in [5.74, 6) is 0.873. The molecule has 4 rings (SSSR count). The van der Waals surface area contributed by atoms with Gasteiger partial charge in [0, 0.05) is 10.4 Å². The van der Waals surface area contributed by atoms with E-state index in [1.165, 1.54) is 30.3 Å². The fourth-order valence-corrected chi connectivity index (χ4v) is 4.83. The maximum Gasteiger partial charge on any atom is 0.263 e. The van der Waals surface area contributed by atoms with E-state index in [4.69, 9.17) is 39.5 Å². The van der Waals surface area contributed by atoms with Crippen molar-refractivity contribution in [3.8, 4) is 11.5 Å². The van der Waals surface area contributed by atoms with Gasteiger partial charge in [-0.1, -0.05) is 53.0 Å². The number of pyridine rings is 1. The first-order valence-corrected chi connectivity index (χ1v) is 11.2. The molecule has 30 heavy (non-hydrogen) atoms. The van der Waals surface area contributed by atoms with Crippen molar-refractivity contribution >= 4 is 61.4 Å². The third kappa shape index (κ3) is 4.47. The van der Waals surface area contributed by atoms with Crippen LogP contribution in [0.15, 0.2) is 77.8 Å². The van der Waals surface area contributed by atoms with Crippen LogP contribution in [0.5, 0.6) is 11.5 Å². The van der Waals surface area contributed by atoms with E-state index in [2.05, 4.69) is 9.71 Å². The lowest BCUT2D eigenvalue weighted by Crippen LogP contribution is -2.13. The van der Waals surface area contributed by atoms with Crippen LogP contribution in [0.3, 0.4) is 0 Å². The number of nitrogens with one attached hydrogen (secondary N) is 1. The summed E-state index contributed by atoms with van der Waals surface area (Å²) in [4.78, 5) is 4.25. The average molecular weight is 480 g/mol. The molecule has 0 unspecified atom stereocenters. The van der Waals surface area contributed by atoms with Gasteiger partial charge in [0.1, 0.15) is 16.4 Å². The van der Waals surface area contributed by atoms with Gasteiger partial charge in [-0.05, 0) is 48.5 Å². The van der Waals surface area contributed by atoms with Crippen molar-refractivity contribution in [3.05, 3.63) is 88.0 Å². The van der Waals surface area contributed by atoms with E-state index in [-0.39, 0.29) is 20.6 Å². The van der Waals surface area contributed by atoms with Gasteiger partial charge in [0.05, 0.1) is 27.4 Å². The maximum absolute atomic E-state index is 12.6. The molecule has 0 saturated heterocycles. The summed E-state index contributed by atoms with van der Waals surface area (Å²) >= 11 is 18.1. The Morgan fingerprint density at radius 3 is 2.43 bits per heavy atom.